The standard InChI is InChI=1S/C16H18N2O2S/c1-11-8-9-18(10-13(11)19)16(20)7-6-15-17-12-4-2-3-5-14(12)21-15/h2-7,11,13,19H,8-10H2,1H3/b7-6+. The van der Waals surface area contributed by atoms with E-state index in [0.717, 1.165) is 21.6 Å². The van der Waals surface area contributed by atoms with Crippen LogP contribution in [0.2, 0.25) is 0 Å². The van der Waals surface area contributed by atoms with E-state index in [0.29, 0.717) is 13.1 Å². The molecule has 1 aliphatic rings. The Morgan fingerprint density at radius 2 is 2.29 bits per heavy atom. The number of benzene rings is 1. The van der Waals surface area contributed by atoms with E-state index in [9.17, 15) is 9.90 Å². The molecular weight excluding hydrogens is 284 g/mol. The molecule has 1 N–H and O–H groups in total. The predicted octanol–water partition coefficient (Wildman–Crippen LogP) is 2.54. The summed E-state index contributed by atoms with van der Waals surface area (Å²) in [4.78, 5) is 18.3. The second-order valence-electron chi connectivity index (χ2n) is 5.47. The van der Waals surface area contributed by atoms with Crippen molar-refractivity contribution in [1.82, 2.24) is 9.88 Å². The molecule has 0 radical (unpaired) electrons. The van der Waals surface area contributed by atoms with Crippen molar-refractivity contribution in [2.24, 2.45) is 5.92 Å². The van der Waals surface area contributed by atoms with Gasteiger partial charge in [0.05, 0.1) is 16.3 Å². The van der Waals surface area contributed by atoms with E-state index in [1.807, 2.05) is 31.2 Å². The molecule has 1 amide bonds. The first-order chi connectivity index (χ1) is 10.1. The Hall–Kier alpha value is -1.72. The highest BCUT2D eigenvalue weighted by Crippen LogP contribution is 2.22. The second kappa shape index (κ2) is 5.95. The fraction of sp³-hybridized carbons (Fsp3) is 0.375. The molecule has 2 atom stereocenters. The van der Waals surface area contributed by atoms with Crippen molar-refractivity contribution in [2.45, 2.75) is 19.4 Å². The van der Waals surface area contributed by atoms with Gasteiger partial charge in [-0.3, -0.25) is 4.79 Å². The molecule has 0 bridgehead atoms. The van der Waals surface area contributed by atoms with Gasteiger partial charge in [-0.25, -0.2) is 4.98 Å². The number of rotatable bonds is 2. The third kappa shape index (κ3) is 3.14. The van der Waals surface area contributed by atoms with Crippen LogP contribution in [0.3, 0.4) is 0 Å². The molecule has 5 heteroatoms. The third-order valence-corrected chi connectivity index (χ3v) is 4.91. The van der Waals surface area contributed by atoms with E-state index < -0.39 is 6.10 Å². The van der Waals surface area contributed by atoms with Gasteiger partial charge in [0.1, 0.15) is 5.01 Å². The van der Waals surface area contributed by atoms with Crippen molar-refractivity contribution in [2.75, 3.05) is 13.1 Å². The molecule has 4 nitrogen and oxygen atoms in total. The molecule has 0 aliphatic carbocycles. The summed E-state index contributed by atoms with van der Waals surface area (Å²) < 4.78 is 1.12. The van der Waals surface area contributed by atoms with Crippen LogP contribution in [0, 0.1) is 5.92 Å². The topological polar surface area (TPSA) is 53.4 Å². The van der Waals surface area contributed by atoms with Gasteiger partial charge in [-0.05, 0) is 30.5 Å². The Kier molecular flexibility index (Phi) is 4.03. The number of carbonyl (C=O) groups is 1. The lowest BCUT2D eigenvalue weighted by molar-refractivity contribution is -0.130. The number of hydrogen-bond donors (Lipinski definition) is 1. The first-order valence-corrected chi connectivity index (χ1v) is 7.96. The lowest BCUT2D eigenvalue weighted by atomic mass is 9.96. The second-order valence-corrected chi connectivity index (χ2v) is 6.53. The van der Waals surface area contributed by atoms with Gasteiger partial charge in [0.25, 0.3) is 0 Å². The molecular formula is C16H18N2O2S. The molecule has 0 spiro atoms. The Bertz CT molecular complexity index is 647. The maximum atomic E-state index is 12.1. The minimum atomic E-state index is -0.418. The number of β-amino-alcohol motifs (C(OH)–C–C–N with tert-alkyl or cyclic N) is 1. The fourth-order valence-corrected chi connectivity index (χ4v) is 3.33. The molecule has 3 rings (SSSR count). The van der Waals surface area contributed by atoms with Crippen LogP contribution in [0.15, 0.2) is 30.3 Å². The summed E-state index contributed by atoms with van der Waals surface area (Å²) in [6.07, 6.45) is 3.75. The lowest BCUT2D eigenvalue weighted by Gasteiger charge is -2.33. The SMILES string of the molecule is CC1CCN(C(=O)/C=C/c2nc3ccccc3s2)CC1O. The van der Waals surface area contributed by atoms with E-state index >= 15 is 0 Å². The van der Waals surface area contributed by atoms with Gasteiger partial charge in [-0.2, -0.15) is 0 Å². The normalized spacial score (nSPS) is 23.0. The summed E-state index contributed by atoms with van der Waals surface area (Å²) in [6, 6.07) is 7.92. The van der Waals surface area contributed by atoms with Gasteiger partial charge in [0.2, 0.25) is 5.91 Å². The first-order valence-electron chi connectivity index (χ1n) is 7.14. The predicted molar refractivity (Wildman–Crippen MR) is 85.0 cm³/mol. The third-order valence-electron chi connectivity index (χ3n) is 3.91. The van der Waals surface area contributed by atoms with Gasteiger partial charge in [-0.1, -0.05) is 19.1 Å². The number of carbonyl (C=O) groups excluding carboxylic acids is 1. The fourth-order valence-electron chi connectivity index (χ4n) is 2.46. The highest BCUT2D eigenvalue weighted by atomic mass is 32.1. The number of amides is 1. The van der Waals surface area contributed by atoms with Gasteiger partial charge < -0.3 is 10.0 Å². The molecule has 0 saturated carbocycles. The molecule has 1 saturated heterocycles. The van der Waals surface area contributed by atoms with Crippen molar-refractivity contribution in [3.8, 4) is 0 Å². The van der Waals surface area contributed by atoms with E-state index in [2.05, 4.69) is 4.98 Å². The Balaban J connectivity index is 1.69. The Labute approximate surface area is 127 Å². The summed E-state index contributed by atoms with van der Waals surface area (Å²) in [5, 5.41) is 10.7. The largest absolute Gasteiger partial charge is 0.391 e. The molecule has 2 unspecified atom stereocenters. The van der Waals surface area contributed by atoms with Crippen LogP contribution in [-0.4, -0.2) is 40.1 Å². The number of fused-ring (bicyclic) bond motifs is 1. The molecule has 1 fully saturated rings. The molecule has 1 aromatic heterocycles. The molecule has 21 heavy (non-hydrogen) atoms. The summed E-state index contributed by atoms with van der Waals surface area (Å²) in [7, 11) is 0. The van der Waals surface area contributed by atoms with Gasteiger partial charge in [-0.15, -0.1) is 11.3 Å². The summed E-state index contributed by atoms with van der Waals surface area (Å²) in [6.45, 7) is 3.15. The number of aromatic nitrogens is 1. The minimum Gasteiger partial charge on any atom is -0.391 e. The number of piperidine rings is 1. The summed E-state index contributed by atoms with van der Waals surface area (Å²) >= 11 is 1.57. The van der Waals surface area contributed by atoms with Crippen LogP contribution in [0.1, 0.15) is 18.4 Å². The zero-order valence-corrected chi connectivity index (χ0v) is 12.7. The maximum Gasteiger partial charge on any atom is 0.246 e. The minimum absolute atomic E-state index is 0.0554. The maximum absolute atomic E-state index is 12.1. The number of para-hydroxylation sites is 1. The van der Waals surface area contributed by atoms with Gasteiger partial charge in [0.15, 0.2) is 0 Å². The number of aliphatic hydroxyl groups is 1. The zero-order valence-electron chi connectivity index (χ0n) is 11.9. The van der Waals surface area contributed by atoms with Crippen LogP contribution in [-0.2, 0) is 4.79 Å². The Morgan fingerprint density at radius 3 is 3.05 bits per heavy atom. The van der Waals surface area contributed by atoms with Crippen LogP contribution >= 0.6 is 11.3 Å². The average Bonchev–Trinajstić information content (AvgIpc) is 2.90. The summed E-state index contributed by atoms with van der Waals surface area (Å²) in [5.41, 5.74) is 0.955. The van der Waals surface area contributed by atoms with Crippen LogP contribution in [0.5, 0.6) is 0 Å². The van der Waals surface area contributed by atoms with Gasteiger partial charge >= 0.3 is 0 Å². The molecule has 2 heterocycles. The van der Waals surface area contributed by atoms with E-state index in [4.69, 9.17) is 0 Å². The van der Waals surface area contributed by atoms with Crippen LogP contribution in [0.25, 0.3) is 16.3 Å². The highest BCUT2D eigenvalue weighted by Gasteiger charge is 2.26. The lowest BCUT2D eigenvalue weighted by Crippen LogP contribution is -2.45. The van der Waals surface area contributed by atoms with Crippen molar-refractivity contribution in [1.29, 1.82) is 0 Å². The highest BCUT2D eigenvalue weighted by molar-refractivity contribution is 7.19. The van der Waals surface area contributed by atoms with Crippen LogP contribution < -0.4 is 0 Å². The Morgan fingerprint density at radius 1 is 1.48 bits per heavy atom. The van der Waals surface area contributed by atoms with Crippen molar-refractivity contribution in [3.63, 3.8) is 0 Å². The van der Waals surface area contributed by atoms with E-state index in [1.165, 1.54) is 0 Å². The quantitative estimate of drug-likeness (QED) is 0.867. The van der Waals surface area contributed by atoms with E-state index in [1.54, 1.807) is 28.4 Å². The molecule has 1 aromatic carbocycles. The number of nitrogens with zero attached hydrogens (tertiary/aromatic N) is 2. The van der Waals surface area contributed by atoms with E-state index in [-0.39, 0.29) is 11.8 Å². The number of thiazole rings is 1. The van der Waals surface area contributed by atoms with Crippen molar-refractivity contribution < 1.29 is 9.90 Å². The smallest absolute Gasteiger partial charge is 0.246 e. The van der Waals surface area contributed by atoms with Crippen LogP contribution in [0.4, 0.5) is 0 Å². The average molecular weight is 302 g/mol. The number of likely N-dealkylation sites (tertiary alicyclic amines) is 1. The molecule has 2 aromatic rings. The zero-order chi connectivity index (χ0) is 14.8. The summed E-state index contributed by atoms with van der Waals surface area (Å²) in [5.74, 6) is 0.211. The van der Waals surface area contributed by atoms with Crippen molar-refractivity contribution >= 4 is 33.5 Å². The van der Waals surface area contributed by atoms with Gasteiger partial charge in [0, 0.05) is 19.2 Å². The first kappa shape index (κ1) is 14.2. The molecule has 110 valence electrons. The molecule has 1 aliphatic heterocycles. The monoisotopic (exact) mass is 302 g/mol. The number of aliphatic hydroxyl groups excluding tert-OH is 1. The number of hydrogen-bond acceptors (Lipinski definition) is 4. The van der Waals surface area contributed by atoms with Crippen molar-refractivity contribution in [3.05, 3.63) is 35.3 Å².